The second kappa shape index (κ2) is 15.2. The Hall–Kier alpha value is -3.13. The molecule has 0 amide bonds. The molecule has 1 heterocycles. The fourth-order valence-electron chi connectivity index (χ4n) is 4.69. The first-order chi connectivity index (χ1) is 19.1. The summed E-state index contributed by atoms with van der Waals surface area (Å²) in [7, 11) is 0. The fourth-order valence-corrected chi connectivity index (χ4v) is 4.69. The molecule has 228 valence electrons. The van der Waals surface area contributed by atoms with Crippen LogP contribution in [-0.4, -0.2) is 71.4 Å². The van der Waals surface area contributed by atoms with Crippen molar-refractivity contribution in [1.29, 1.82) is 0 Å². The largest absolute Gasteiger partial charge is 0.487 e. The zero-order valence-electron chi connectivity index (χ0n) is 26.7. The van der Waals surface area contributed by atoms with Crippen LogP contribution in [0, 0.1) is 5.41 Å². The molecular formula is C33H51N3O5. The Labute approximate surface area is 247 Å². The summed E-state index contributed by atoms with van der Waals surface area (Å²) in [5.74, 6) is 0.178. The van der Waals surface area contributed by atoms with Crippen LogP contribution < -0.4 is 4.74 Å². The number of aliphatic imine (C=N–C) groups is 2. The van der Waals surface area contributed by atoms with Gasteiger partial charge in [0, 0.05) is 42.4 Å². The lowest BCUT2D eigenvalue weighted by Crippen LogP contribution is -2.41. The normalized spacial score (nSPS) is 19.4. The molecule has 1 fully saturated rings. The van der Waals surface area contributed by atoms with Gasteiger partial charge in [0.25, 0.3) is 0 Å². The molecule has 0 saturated carbocycles. The molecular weight excluding hydrogens is 518 g/mol. The zero-order valence-corrected chi connectivity index (χ0v) is 26.7. The highest BCUT2D eigenvalue weighted by molar-refractivity contribution is 6.04. The molecule has 8 heteroatoms. The van der Waals surface area contributed by atoms with Crippen LogP contribution in [0.25, 0.3) is 0 Å². The molecule has 0 spiro atoms. The number of hydrogen-bond donors (Lipinski definition) is 1. The Morgan fingerprint density at radius 3 is 2.27 bits per heavy atom. The quantitative estimate of drug-likeness (QED) is 0.205. The van der Waals surface area contributed by atoms with Crippen LogP contribution in [0.1, 0.15) is 82.1 Å². The summed E-state index contributed by atoms with van der Waals surface area (Å²) < 4.78 is 18.0. The maximum Gasteiger partial charge on any atom is 0.337 e. The SMILES string of the molecule is CC=N/C(=C\C(C)N=C(C)/C(=C(\C)N1CCC(C)(C)CC1)[C@H](OC(C)(C)C)C(=O)O)OC[C@H](C)Oc1ccccc1. The number of carbonyl (C=O) groups is 1. The van der Waals surface area contributed by atoms with Gasteiger partial charge in [-0.1, -0.05) is 32.0 Å². The van der Waals surface area contributed by atoms with Crippen LogP contribution in [0.3, 0.4) is 0 Å². The van der Waals surface area contributed by atoms with Crippen LogP contribution in [0.4, 0.5) is 0 Å². The van der Waals surface area contributed by atoms with Crippen LogP contribution in [-0.2, 0) is 14.3 Å². The van der Waals surface area contributed by atoms with E-state index in [1.54, 1.807) is 6.21 Å². The molecule has 0 radical (unpaired) electrons. The van der Waals surface area contributed by atoms with E-state index in [-0.39, 0.29) is 17.6 Å². The van der Waals surface area contributed by atoms with Gasteiger partial charge < -0.3 is 24.2 Å². The van der Waals surface area contributed by atoms with Crippen molar-refractivity contribution in [3.05, 3.63) is 53.6 Å². The van der Waals surface area contributed by atoms with Gasteiger partial charge in [-0.2, -0.15) is 0 Å². The minimum atomic E-state index is -1.15. The summed E-state index contributed by atoms with van der Waals surface area (Å²) in [6.07, 6.45) is 4.23. The number of rotatable bonds is 13. The third-order valence-electron chi connectivity index (χ3n) is 6.91. The molecule has 41 heavy (non-hydrogen) atoms. The van der Waals surface area contributed by atoms with Gasteiger partial charge in [0.05, 0.1) is 11.6 Å². The average molecular weight is 570 g/mol. The molecule has 1 aliphatic rings. The van der Waals surface area contributed by atoms with Crippen LogP contribution in [0.15, 0.2) is 63.5 Å². The number of nitrogens with zero attached hydrogens (tertiary/aromatic N) is 3. The van der Waals surface area contributed by atoms with E-state index >= 15 is 0 Å². The Morgan fingerprint density at radius 1 is 1.12 bits per heavy atom. The summed E-state index contributed by atoms with van der Waals surface area (Å²) in [6.45, 7) is 21.7. The first-order valence-corrected chi connectivity index (χ1v) is 14.6. The summed E-state index contributed by atoms with van der Waals surface area (Å²) in [5, 5.41) is 10.3. The van der Waals surface area contributed by atoms with Gasteiger partial charge in [-0.15, -0.1) is 0 Å². The van der Waals surface area contributed by atoms with Crippen molar-refractivity contribution in [3.8, 4) is 5.75 Å². The Balaban J connectivity index is 2.34. The molecule has 1 saturated heterocycles. The van der Waals surface area contributed by atoms with E-state index in [0.29, 0.717) is 23.8 Å². The lowest BCUT2D eigenvalue weighted by Gasteiger charge is -2.40. The van der Waals surface area contributed by atoms with Crippen molar-refractivity contribution in [2.24, 2.45) is 15.4 Å². The number of aliphatic carboxylic acids is 1. The average Bonchev–Trinajstić information content (AvgIpc) is 2.86. The van der Waals surface area contributed by atoms with Crippen LogP contribution >= 0.6 is 0 Å². The molecule has 1 aliphatic heterocycles. The predicted molar refractivity (Wildman–Crippen MR) is 167 cm³/mol. The van der Waals surface area contributed by atoms with Gasteiger partial charge in [-0.25, -0.2) is 9.79 Å². The number of benzene rings is 1. The highest BCUT2D eigenvalue weighted by Gasteiger charge is 2.34. The summed E-state index contributed by atoms with van der Waals surface area (Å²) in [4.78, 5) is 24.1. The number of piperidine rings is 1. The van der Waals surface area contributed by atoms with Crippen molar-refractivity contribution < 1.29 is 24.1 Å². The molecule has 2 rings (SSSR count). The number of allylic oxidation sites excluding steroid dienone is 1. The summed E-state index contributed by atoms with van der Waals surface area (Å²) in [6, 6.07) is 9.28. The van der Waals surface area contributed by atoms with Crippen molar-refractivity contribution in [2.75, 3.05) is 19.7 Å². The number of carboxylic acids is 1. The van der Waals surface area contributed by atoms with Crippen LogP contribution in [0.5, 0.6) is 5.75 Å². The number of para-hydroxylation sites is 1. The summed E-state index contributed by atoms with van der Waals surface area (Å²) in [5.41, 5.74) is 1.73. The van der Waals surface area contributed by atoms with Gasteiger partial charge in [-0.3, -0.25) is 4.99 Å². The third-order valence-corrected chi connectivity index (χ3v) is 6.91. The summed E-state index contributed by atoms with van der Waals surface area (Å²) >= 11 is 0. The standard InChI is InChI=1S/C33H51N3O5/c1-11-34-28(39-22-24(3)40-27-15-13-12-14-16-27)21-23(2)35-25(4)29(30(31(37)38)41-32(6,7)8)26(5)36-19-17-33(9,10)18-20-36/h11-16,21,23-24,30H,17-20,22H2,1-10H3,(H,37,38)/b28-21+,29-26-,34-11?,35-25?/t23?,24-,30-/m0/s1. The lowest BCUT2D eigenvalue weighted by atomic mass is 9.82. The molecule has 3 atom stereocenters. The van der Waals surface area contributed by atoms with E-state index < -0.39 is 17.7 Å². The smallest absolute Gasteiger partial charge is 0.337 e. The van der Waals surface area contributed by atoms with Crippen molar-refractivity contribution in [1.82, 2.24) is 4.90 Å². The van der Waals surface area contributed by atoms with Crippen LogP contribution in [0.2, 0.25) is 0 Å². The van der Waals surface area contributed by atoms with E-state index in [9.17, 15) is 9.90 Å². The van der Waals surface area contributed by atoms with E-state index in [4.69, 9.17) is 19.2 Å². The second-order valence-electron chi connectivity index (χ2n) is 12.5. The van der Waals surface area contributed by atoms with E-state index in [0.717, 1.165) is 37.4 Å². The predicted octanol–water partition coefficient (Wildman–Crippen LogP) is 6.92. The van der Waals surface area contributed by atoms with Gasteiger partial charge >= 0.3 is 5.97 Å². The Kier molecular flexibility index (Phi) is 12.6. The lowest BCUT2D eigenvalue weighted by molar-refractivity contribution is -0.155. The topological polar surface area (TPSA) is 93.0 Å². The number of ether oxygens (including phenoxy) is 3. The molecule has 0 aliphatic carbocycles. The zero-order chi connectivity index (χ0) is 30.8. The molecule has 0 aromatic heterocycles. The van der Waals surface area contributed by atoms with E-state index in [1.807, 2.05) is 91.8 Å². The minimum absolute atomic E-state index is 0.189. The number of likely N-dealkylation sites (tertiary alicyclic amines) is 1. The molecule has 1 unspecified atom stereocenters. The second-order valence-corrected chi connectivity index (χ2v) is 12.5. The first-order valence-electron chi connectivity index (χ1n) is 14.6. The molecule has 1 aromatic carbocycles. The minimum Gasteiger partial charge on any atom is -0.487 e. The third kappa shape index (κ3) is 11.7. The van der Waals surface area contributed by atoms with Crippen molar-refractivity contribution in [3.63, 3.8) is 0 Å². The molecule has 8 nitrogen and oxygen atoms in total. The number of hydrogen-bond acceptors (Lipinski definition) is 7. The first kappa shape index (κ1) is 34.1. The Bertz CT molecular complexity index is 1110. The van der Waals surface area contributed by atoms with Gasteiger partial charge in [0.1, 0.15) is 18.5 Å². The highest BCUT2D eigenvalue weighted by atomic mass is 16.5. The molecule has 0 bridgehead atoms. The fraction of sp³-hybridized carbons (Fsp3) is 0.606. The van der Waals surface area contributed by atoms with E-state index in [1.165, 1.54) is 0 Å². The highest BCUT2D eigenvalue weighted by Crippen LogP contribution is 2.33. The molecule has 1 aromatic rings. The monoisotopic (exact) mass is 569 g/mol. The van der Waals surface area contributed by atoms with E-state index in [2.05, 4.69) is 23.7 Å². The Morgan fingerprint density at radius 2 is 1.73 bits per heavy atom. The maximum absolute atomic E-state index is 12.5. The van der Waals surface area contributed by atoms with Gasteiger partial charge in [0.2, 0.25) is 5.88 Å². The number of carboxylic acid groups (broad SMARTS) is 1. The van der Waals surface area contributed by atoms with Crippen molar-refractivity contribution >= 4 is 17.9 Å². The van der Waals surface area contributed by atoms with Crippen molar-refractivity contribution in [2.45, 2.75) is 106 Å². The maximum atomic E-state index is 12.5. The van der Waals surface area contributed by atoms with Gasteiger partial charge in [-0.05, 0) is 85.8 Å². The molecule has 1 N–H and O–H groups in total. The van der Waals surface area contributed by atoms with Gasteiger partial charge in [0.15, 0.2) is 6.10 Å².